The highest BCUT2D eigenvalue weighted by Gasteiger charge is 1.99. The Labute approximate surface area is 129 Å². The smallest absolute Gasteiger partial charge is 0.107 e. The zero-order valence-corrected chi connectivity index (χ0v) is 14.0. The van der Waals surface area contributed by atoms with Gasteiger partial charge >= 0.3 is 0 Å². The first-order valence-corrected chi connectivity index (χ1v) is 7.18. The standard InChI is InChI=1S/C15H30N6/c1-14(18-12-16)15(9-11-20(3)4)8-6-7-10-21(5)13-19-17-2/h8-9,11-12,16-17,19H,6-7,10,13H2,1-5H3/b11-9-,15-8+,16-12?,18-14?. The molecule has 0 radical (unpaired) electrons. The third-order valence-corrected chi connectivity index (χ3v) is 2.86. The largest absolute Gasteiger partial charge is 0.383 e. The molecule has 0 amide bonds. The summed E-state index contributed by atoms with van der Waals surface area (Å²) in [7, 11) is 7.93. The van der Waals surface area contributed by atoms with E-state index < -0.39 is 0 Å². The minimum Gasteiger partial charge on any atom is -0.383 e. The Morgan fingerprint density at radius 1 is 1.29 bits per heavy atom. The zero-order valence-electron chi connectivity index (χ0n) is 14.0. The molecule has 0 heterocycles. The molecule has 6 heteroatoms. The van der Waals surface area contributed by atoms with Crippen molar-refractivity contribution in [3.8, 4) is 0 Å². The van der Waals surface area contributed by atoms with Crippen LogP contribution in [0.2, 0.25) is 0 Å². The Morgan fingerprint density at radius 2 is 2.00 bits per heavy atom. The second-order valence-electron chi connectivity index (χ2n) is 5.09. The molecule has 6 nitrogen and oxygen atoms in total. The molecule has 120 valence electrons. The lowest BCUT2D eigenvalue weighted by molar-refractivity contribution is 0.289. The van der Waals surface area contributed by atoms with Crippen molar-refractivity contribution >= 4 is 12.1 Å². The highest BCUT2D eigenvalue weighted by atomic mass is 15.4. The van der Waals surface area contributed by atoms with E-state index in [0.29, 0.717) is 0 Å². The summed E-state index contributed by atoms with van der Waals surface area (Å²) in [6.07, 6.45) is 9.37. The van der Waals surface area contributed by atoms with Crippen molar-refractivity contribution in [2.24, 2.45) is 4.99 Å². The molecule has 0 spiro atoms. The van der Waals surface area contributed by atoms with Gasteiger partial charge in [0.25, 0.3) is 0 Å². The number of hydrogen-bond donors (Lipinski definition) is 3. The molecule has 0 aliphatic carbocycles. The maximum absolute atomic E-state index is 7.08. The van der Waals surface area contributed by atoms with Crippen LogP contribution in [0, 0.1) is 5.41 Å². The molecule has 0 bridgehead atoms. The fraction of sp³-hybridized carbons (Fsp3) is 0.600. The average molecular weight is 294 g/mol. The van der Waals surface area contributed by atoms with Crippen molar-refractivity contribution in [1.29, 1.82) is 5.41 Å². The molecule has 0 aliphatic heterocycles. The molecule has 0 aliphatic rings. The number of rotatable bonds is 11. The molecule has 0 aromatic carbocycles. The van der Waals surface area contributed by atoms with Gasteiger partial charge in [0.2, 0.25) is 0 Å². The second-order valence-corrected chi connectivity index (χ2v) is 5.09. The van der Waals surface area contributed by atoms with E-state index in [2.05, 4.69) is 33.9 Å². The van der Waals surface area contributed by atoms with Crippen LogP contribution in [0.25, 0.3) is 0 Å². The minimum absolute atomic E-state index is 0.821. The van der Waals surface area contributed by atoms with E-state index in [4.69, 9.17) is 5.41 Å². The molecule has 21 heavy (non-hydrogen) atoms. The normalized spacial score (nSPS) is 13.2. The van der Waals surface area contributed by atoms with Gasteiger partial charge in [-0.2, -0.15) is 0 Å². The number of allylic oxidation sites excluding steroid dienone is 3. The fourth-order valence-electron chi connectivity index (χ4n) is 1.65. The van der Waals surface area contributed by atoms with Crippen LogP contribution in [0.1, 0.15) is 19.8 Å². The van der Waals surface area contributed by atoms with Crippen molar-refractivity contribution in [2.45, 2.75) is 19.8 Å². The predicted octanol–water partition coefficient (Wildman–Crippen LogP) is 1.45. The third-order valence-electron chi connectivity index (χ3n) is 2.86. The van der Waals surface area contributed by atoms with Crippen LogP contribution < -0.4 is 10.9 Å². The Kier molecular flexibility index (Phi) is 11.4. The minimum atomic E-state index is 0.821. The van der Waals surface area contributed by atoms with Gasteiger partial charge in [0.1, 0.15) is 6.34 Å². The summed E-state index contributed by atoms with van der Waals surface area (Å²) in [6.45, 7) is 3.78. The Hall–Kier alpha value is -1.50. The highest BCUT2D eigenvalue weighted by Crippen LogP contribution is 2.05. The molecule has 3 N–H and O–H groups in total. The number of hydrogen-bond acceptors (Lipinski definition) is 5. The van der Waals surface area contributed by atoms with Crippen molar-refractivity contribution in [2.75, 3.05) is 41.4 Å². The lowest BCUT2D eigenvalue weighted by atomic mass is 10.1. The quantitative estimate of drug-likeness (QED) is 0.135. The number of hydrazine groups is 1. The van der Waals surface area contributed by atoms with E-state index in [1.54, 1.807) is 0 Å². The lowest BCUT2D eigenvalue weighted by Gasteiger charge is -2.16. The Morgan fingerprint density at radius 3 is 2.57 bits per heavy atom. The van der Waals surface area contributed by atoms with Gasteiger partial charge in [-0.1, -0.05) is 6.08 Å². The fourth-order valence-corrected chi connectivity index (χ4v) is 1.65. The number of aliphatic imine (C=N–C) groups is 1. The van der Waals surface area contributed by atoms with Crippen LogP contribution in [0.3, 0.4) is 0 Å². The van der Waals surface area contributed by atoms with Gasteiger partial charge in [-0.15, -0.1) is 0 Å². The molecule has 0 saturated heterocycles. The van der Waals surface area contributed by atoms with Gasteiger partial charge in [0.15, 0.2) is 0 Å². The van der Waals surface area contributed by atoms with E-state index in [1.807, 2.05) is 45.2 Å². The lowest BCUT2D eigenvalue weighted by Crippen LogP contribution is -2.38. The van der Waals surface area contributed by atoms with Crippen LogP contribution in [0.5, 0.6) is 0 Å². The summed E-state index contributed by atoms with van der Waals surface area (Å²) in [5.74, 6) is 0. The van der Waals surface area contributed by atoms with E-state index in [1.165, 1.54) is 0 Å². The molecule has 0 atom stereocenters. The van der Waals surface area contributed by atoms with Crippen LogP contribution in [-0.2, 0) is 0 Å². The van der Waals surface area contributed by atoms with Crippen LogP contribution in [0.15, 0.2) is 28.9 Å². The molecule has 0 fully saturated rings. The van der Waals surface area contributed by atoms with Gasteiger partial charge in [-0.25, -0.2) is 10.4 Å². The van der Waals surface area contributed by atoms with Gasteiger partial charge in [-0.05, 0) is 58.3 Å². The molecular weight excluding hydrogens is 264 g/mol. The first kappa shape index (κ1) is 19.5. The first-order chi connectivity index (χ1) is 10.0. The van der Waals surface area contributed by atoms with Gasteiger partial charge < -0.3 is 4.90 Å². The van der Waals surface area contributed by atoms with Crippen molar-refractivity contribution in [1.82, 2.24) is 20.7 Å². The second kappa shape index (κ2) is 12.3. The monoisotopic (exact) mass is 294 g/mol. The van der Waals surface area contributed by atoms with Crippen LogP contribution >= 0.6 is 0 Å². The van der Waals surface area contributed by atoms with Crippen molar-refractivity contribution < 1.29 is 0 Å². The highest BCUT2D eigenvalue weighted by molar-refractivity contribution is 6.03. The molecule has 0 saturated carbocycles. The van der Waals surface area contributed by atoms with Crippen molar-refractivity contribution in [3.63, 3.8) is 0 Å². The SMILES string of the molecule is CNNCN(C)CCC/C=C(\C=C/N(C)C)C(C)=NC=N. The van der Waals surface area contributed by atoms with Crippen molar-refractivity contribution in [3.05, 3.63) is 23.9 Å². The first-order valence-electron chi connectivity index (χ1n) is 7.18. The number of nitrogens with zero attached hydrogens (tertiary/aromatic N) is 3. The van der Waals surface area contributed by atoms with Gasteiger partial charge in [0.05, 0.1) is 6.67 Å². The average Bonchev–Trinajstić information content (AvgIpc) is 2.44. The molecule has 0 rings (SSSR count). The summed E-state index contributed by atoms with van der Waals surface area (Å²) < 4.78 is 0. The van der Waals surface area contributed by atoms with Gasteiger partial charge in [0, 0.05) is 19.8 Å². The van der Waals surface area contributed by atoms with Crippen LogP contribution in [0.4, 0.5) is 0 Å². The maximum Gasteiger partial charge on any atom is 0.107 e. The Bertz CT molecular complexity index is 370. The summed E-state index contributed by atoms with van der Waals surface area (Å²) in [4.78, 5) is 8.26. The van der Waals surface area contributed by atoms with Crippen LogP contribution in [-0.4, -0.2) is 63.3 Å². The number of nitrogens with one attached hydrogen (secondary N) is 3. The summed E-state index contributed by atoms with van der Waals surface area (Å²) in [5.41, 5.74) is 7.92. The molecule has 0 unspecified atom stereocenters. The van der Waals surface area contributed by atoms with E-state index in [-0.39, 0.29) is 0 Å². The number of unbranched alkanes of at least 4 members (excludes halogenated alkanes) is 1. The molecular formula is C15H30N6. The summed E-state index contributed by atoms with van der Waals surface area (Å²) >= 11 is 0. The maximum atomic E-state index is 7.08. The van der Waals surface area contributed by atoms with E-state index in [9.17, 15) is 0 Å². The van der Waals surface area contributed by atoms with Gasteiger partial charge in [-0.3, -0.25) is 15.7 Å². The third kappa shape index (κ3) is 10.9. The Balaban J connectivity index is 4.43. The van der Waals surface area contributed by atoms with E-state index in [0.717, 1.165) is 43.7 Å². The topological polar surface area (TPSA) is 66.8 Å². The van der Waals surface area contributed by atoms with E-state index >= 15 is 0 Å². The summed E-state index contributed by atoms with van der Waals surface area (Å²) in [6, 6.07) is 0. The predicted molar refractivity (Wildman–Crippen MR) is 91.7 cm³/mol. The molecule has 0 aromatic rings. The zero-order chi connectivity index (χ0) is 16.1. The summed E-state index contributed by atoms with van der Waals surface area (Å²) in [5, 5.41) is 7.08. The molecule has 0 aromatic heterocycles.